The van der Waals surface area contributed by atoms with Gasteiger partial charge in [-0.3, -0.25) is 9.78 Å². The minimum Gasteiger partial charge on any atom is -0.480 e. The van der Waals surface area contributed by atoms with Crippen LogP contribution in [0.2, 0.25) is 10.0 Å². The summed E-state index contributed by atoms with van der Waals surface area (Å²) in [6.45, 7) is 2.59. The van der Waals surface area contributed by atoms with Gasteiger partial charge in [0.2, 0.25) is 0 Å². The molecule has 6 nitrogen and oxygen atoms in total. The molecule has 0 aliphatic heterocycles. The first-order valence-corrected chi connectivity index (χ1v) is 8.74. The second-order valence-electron chi connectivity index (χ2n) is 5.92. The maximum atomic E-state index is 12.9. The molecular formula is C16H12Cl2N2O4S. The van der Waals surface area contributed by atoms with Crippen molar-refractivity contribution >= 4 is 50.7 Å². The third-order valence-electron chi connectivity index (χ3n) is 3.94. The highest BCUT2D eigenvalue weighted by Crippen LogP contribution is 2.34. The molecular weight excluding hydrogens is 387 g/mol. The highest BCUT2D eigenvalue weighted by atomic mass is 35.5. The van der Waals surface area contributed by atoms with E-state index in [-0.39, 0.29) is 5.39 Å². The van der Waals surface area contributed by atoms with Crippen LogP contribution in [0, 0.1) is 0 Å². The molecule has 0 spiro atoms. The Labute approximate surface area is 155 Å². The molecule has 0 aliphatic carbocycles. The molecule has 0 bridgehead atoms. The van der Waals surface area contributed by atoms with Gasteiger partial charge in [0.25, 0.3) is 5.56 Å². The SMILES string of the molecule is CC(C)(C(=O)O)n1c(=O)[nH]c2scc(-c3ccc(Cl)c(Cl)c3)c2c1=O. The van der Waals surface area contributed by atoms with Crippen molar-refractivity contribution in [2.24, 2.45) is 0 Å². The first kappa shape index (κ1) is 17.7. The molecule has 25 heavy (non-hydrogen) atoms. The van der Waals surface area contributed by atoms with E-state index in [1.165, 1.54) is 25.2 Å². The molecule has 0 unspecified atom stereocenters. The second-order valence-corrected chi connectivity index (χ2v) is 7.61. The Bertz CT molecular complexity index is 1130. The van der Waals surface area contributed by atoms with Crippen molar-refractivity contribution in [2.45, 2.75) is 19.4 Å². The predicted octanol–water partition coefficient (Wildman–Crippen LogP) is 3.54. The number of nitrogens with one attached hydrogen (secondary N) is 1. The van der Waals surface area contributed by atoms with Crippen LogP contribution in [0.1, 0.15) is 13.8 Å². The fraction of sp³-hybridized carbons (Fsp3) is 0.188. The van der Waals surface area contributed by atoms with Gasteiger partial charge in [-0.15, -0.1) is 11.3 Å². The zero-order valence-electron chi connectivity index (χ0n) is 13.1. The molecule has 0 fully saturated rings. The molecule has 2 aromatic heterocycles. The van der Waals surface area contributed by atoms with Gasteiger partial charge in [0.1, 0.15) is 10.4 Å². The number of nitrogens with zero attached hydrogens (tertiary/aromatic N) is 1. The van der Waals surface area contributed by atoms with Crippen LogP contribution in [-0.2, 0) is 10.3 Å². The number of carboxylic acid groups (broad SMARTS) is 1. The lowest BCUT2D eigenvalue weighted by Crippen LogP contribution is -2.50. The second kappa shape index (κ2) is 6.01. The maximum absolute atomic E-state index is 12.9. The van der Waals surface area contributed by atoms with Gasteiger partial charge in [-0.1, -0.05) is 29.3 Å². The number of aliphatic carboxylic acids is 1. The van der Waals surface area contributed by atoms with E-state index >= 15 is 0 Å². The molecule has 9 heteroatoms. The van der Waals surface area contributed by atoms with Gasteiger partial charge < -0.3 is 5.11 Å². The van der Waals surface area contributed by atoms with Crippen LogP contribution in [-0.4, -0.2) is 20.6 Å². The zero-order chi connectivity index (χ0) is 18.5. The number of aromatic nitrogens is 2. The summed E-state index contributed by atoms with van der Waals surface area (Å²) >= 11 is 13.2. The van der Waals surface area contributed by atoms with Crippen LogP contribution in [0.25, 0.3) is 21.3 Å². The van der Waals surface area contributed by atoms with Gasteiger partial charge in [-0.2, -0.15) is 0 Å². The van der Waals surface area contributed by atoms with Crippen molar-refractivity contribution in [1.29, 1.82) is 0 Å². The van der Waals surface area contributed by atoms with E-state index in [1.54, 1.807) is 23.6 Å². The Kier molecular flexibility index (Phi) is 4.26. The first-order valence-electron chi connectivity index (χ1n) is 7.10. The van der Waals surface area contributed by atoms with Crippen molar-refractivity contribution in [2.75, 3.05) is 0 Å². The topological polar surface area (TPSA) is 92.2 Å². The third kappa shape index (κ3) is 2.78. The number of rotatable bonds is 3. The molecule has 0 saturated heterocycles. The van der Waals surface area contributed by atoms with Crippen LogP contribution in [0.15, 0.2) is 33.2 Å². The summed E-state index contributed by atoms with van der Waals surface area (Å²) in [6.07, 6.45) is 0. The van der Waals surface area contributed by atoms with Crippen molar-refractivity contribution in [3.05, 3.63) is 54.5 Å². The molecule has 0 atom stereocenters. The highest BCUT2D eigenvalue weighted by molar-refractivity contribution is 7.17. The molecule has 0 amide bonds. The summed E-state index contributed by atoms with van der Waals surface area (Å²) in [5, 5.41) is 12.0. The van der Waals surface area contributed by atoms with Gasteiger partial charge >= 0.3 is 11.7 Å². The standard InChI is InChI=1S/C16H12Cl2N2O4S/c1-16(2,14(22)23)20-13(21)11-8(6-25-12(11)19-15(20)24)7-3-4-9(17)10(18)5-7/h3-6H,1-2H3,(H,19,24)(H,22,23). The molecule has 0 saturated carbocycles. The maximum Gasteiger partial charge on any atom is 0.330 e. The lowest BCUT2D eigenvalue weighted by atomic mass is 10.0. The van der Waals surface area contributed by atoms with Crippen LogP contribution in [0.4, 0.5) is 0 Å². The summed E-state index contributed by atoms with van der Waals surface area (Å²) in [4.78, 5) is 39.6. The Morgan fingerprint density at radius 1 is 1.24 bits per heavy atom. The number of H-pyrrole nitrogens is 1. The van der Waals surface area contributed by atoms with E-state index in [2.05, 4.69) is 4.98 Å². The normalized spacial score (nSPS) is 11.8. The Hall–Kier alpha value is -2.09. The average Bonchev–Trinajstić information content (AvgIpc) is 2.93. The van der Waals surface area contributed by atoms with E-state index in [9.17, 15) is 19.5 Å². The van der Waals surface area contributed by atoms with E-state index in [4.69, 9.17) is 23.2 Å². The Balaban J connectivity index is 2.38. The van der Waals surface area contributed by atoms with E-state index in [1.807, 2.05) is 0 Å². The van der Waals surface area contributed by atoms with Gasteiger partial charge in [0, 0.05) is 10.9 Å². The smallest absolute Gasteiger partial charge is 0.330 e. The lowest BCUT2D eigenvalue weighted by molar-refractivity contribution is -0.146. The summed E-state index contributed by atoms with van der Waals surface area (Å²) < 4.78 is 0.714. The molecule has 3 rings (SSSR count). The summed E-state index contributed by atoms with van der Waals surface area (Å²) in [5.41, 5.74) is -1.95. The van der Waals surface area contributed by atoms with E-state index < -0.39 is 22.8 Å². The monoisotopic (exact) mass is 398 g/mol. The van der Waals surface area contributed by atoms with Gasteiger partial charge in [0.15, 0.2) is 0 Å². The van der Waals surface area contributed by atoms with Crippen molar-refractivity contribution in [3.63, 3.8) is 0 Å². The van der Waals surface area contributed by atoms with Gasteiger partial charge in [-0.05, 0) is 31.5 Å². The average molecular weight is 399 g/mol. The third-order valence-corrected chi connectivity index (χ3v) is 5.58. The molecule has 0 aliphatic rings. The van der Waals surface area contributed by atoms with E-state index in [0.29, 0.717) is 30.6 Å². The highest BCUT2D eigenvalue weighted by Gasteiger charge is 2.33. The molecule has 2 N–H and O–H groups in total. The fourth-order valence-corrected chi connectivity index (χ4v) is 3.75. The number of halogens is 2. The molecule has 0 radical (unpaired) electrons. The number of fused-ring (bicyclic) bond motifs is 1. The Morgan fingerprint density at radius 3 is 2.52 bits per heavy atom. The van der Waals surface area contributed by atoms with Gasteiger partial charge in [-0.25, -0.2) is 14.2 Å². The molecule has 2 heterocycles. The Morgan fingerprint density at radius 2 is 1.92 bits per heavy atom. The fourth-order valence-electron chi connectivity index (χ4n) is 2.50. The van der Waals surface area contributed by atoms with Gasteiger partial charge in [0.05, 0.1) is 15.4 Å². The molecule has 3 aromatic rings. The van der Waals surface area contributed by atoms with Crippen LogP contribution in [0.3, 0.4) is 0 Å². The minimum atomic E-state index is -1.70. The largest absolute Gasteiger partial charge is 0.480 e. The zero-order valence-corrected chi connectivity index (χ0v) is 15.4. The summed E-state index contributed by atoms with van der Waals surface area (Å²) in [6, 6.07) is 4.92. The molecule has 1 aromatic carbocycles. The van der Waals surface area contributed by atoms with Crippen LogP contribution in [0.5, 0.6) is 0 Å². The van der Waals surface area contributed by atoms with Crippen molar-refractivity contribution in [1.82, 2.24) is 9.55 Å². The quantitative estimate of drug-likeness (QED) is 0.705. The number of aromatic amines is 1. The lowest BCUT2D eigenvalue weighted by Gasteiger charge is -2.21. The van der Waals surface area contributed by atoms with Crippen molar-refractivity contribution < 1.29 is 9.90 Å². The number of thiophene rings is 1. The number of hydrogen-bond donors (Lipinski definition) is 2. The number of carboxylic acids is 1. The first-order chi connectivity index (χ1) is 11.6. The van der Waals surface area contributed by atoms with Crippen LogP contribution >= 0.6 is 34.5 Å². The number of benzene rings is 1. The van der Waals surface area contributed by atoms with Crippen LogP contribution < -0.4 is 11.2 Å². The predicted molar refractivity (Wildman–Crippen MR) is 99.1 cm³/mol. The molecule has 130 valence electrons. The van der Waals surface area contributed by atoms with Crippen molar-refractivity contribution in [3.8, 4) is 11.1 Å². The van der Waals surface area contributed by atoms with E-state index in [0.717, 1.165) is 0 Å². The number of hydrogen-bond acceptors (Lipinski definition) is 4. The summed E-state index contributed by atoms with van der Waals surface area (Å²) in [5.74, 6) is -1.29. The minimum absolute atomic E-state index is 0.234. The number of carbonyl (C=O) groups is 1. The summed E-state index contributed by atoms with van der Waals surface area (Å²) in [7, 11) is 0.